The molecule has 4 nitrogen and oxygen atoms in total. The predicted octanol–water partition coefficient (Wildman–Crippen LogP) is 27.1. The van der Waals surface area contributed by atoms with Crippen LogP contribution in [0.15, 0.2) is 340 Å². The van der Waals surface area contributed by atoms with E-state index in [9.17, 15) is 0 Å². The lowest BCUT2D eigenvalue weighted by atomic mass is 9.78. The molecule has 0 spiro atoms. The highest BCUT2D eigenvalue weighted by molar-refractivity contribution is 6.28. The third-order valence-corrected chi connectivity index (χ3v) is 23.3. The number of fused-ring (bicyclic) bond motifs is 22. The van der Waals surface area contributed by atoms with Gasteiger partial charge in [0.2, 0.25) is 0 Å². The quantitative estimate of drug-likeness (QED) is 0.156. The number of benzene rings is 16. The predicted molar refractivity (Wildman–Crippen MR) is 447 cm³/mol. The van der Waals surface area contributed by atoms with Gasteiger partial charge >= 0.3 is 0 Å². The Morgan fingerprint density at radius 1 is 0.226 bits per heavy atom. The number of hydrogen-bond donors (Lipinski definition) is 0. The zero-order valence-electron chi connectivity index (χ0n) is 59.1. The minimum absolute atomic E-state index is 0.160. The van der Waals surface area contributed by atoms with Crippen LogP contribution >= 0.6 is 0 Å². The van der Waals surface area contributed by atoms with E-state index in [0.717, 1.165) is 55.4 Å². The normalized spacial score (nSPS) is 13.2. The molecule has 0 saturated carbocycles. The van der Waals surface area contributed by atoms with Gasteiger partial charge in [-0.3, -0.25) is 9.97 Å². The van der Waals surface area contributed by atoms with Gasteiger partial charge in [-0.25, -0.2) is 9.97 Å². The van der Waals surface area contributed by atoms with Crippen molar-refractivity contribution in [3.05, 3.63) is 362 Å². The highest BCUT2D eigenvalue weighted by Gasteiger charge is 2.41. The molecule has 4 aromatic heterocycles. The number of para-hydroxylation sites is 4. The second-order valence-corrected chi connectivity index (χ2v) is 29.9. The molecule has 0 atom stereocenters. The van der Waals surface area contributed by atoms with Crippen LogP contribution < -0.4 is 0 Å². The monoisotopic (exact) mass is 1350 g/mol. The number of hydrogen-bond acceptors (Lipinski definition) is 4. The molecule has 2 aliphatic rings. The molecule has 0 saturated heterocycles. The van der Waals surface area contributed by atoms with Gasteiger partial charge in [0.05, 0.1) is 33.5 Å². The fraction of sp³-hybridized carbons (Fsp3) is 0.0588. The van der Waals surface area contributed by atoms with Crippen molar-refractivity contribution in [3.8, 4) is 89.3 Å². The molecule has 496 valence electrons. The van der Waals surface area contributed by atoms with E-state index in [1.54, 1.807) is 0 Å². The van der Waals surface area contributed by atoms with Crippen LogP contribution in [0.3, 0.4) is 0 Å². The fourth-order valence-corrected chi connectivity index (χ4v) is 18.2. The van der Waals surface area contributed by atoms with Gasteiger partial charge in [-0.1, -0.05) is 301 Å². The largest absolute Gasteiger partial charge is 0.256 e. The maximum atomic E-state index is 5.25. The average Bonchev–Trinajstić information content (AvgIpc) is 1.54. The van der Waals surface area contributed by atoms with Gasteiger partial charge in [-0.05, 0) is 197 Å². The Hall–Kier alpha value is -13.3. The smallest absolute Gasteiger partial charge is 0.0780 e. The van der Waals surface area contributed by atoms with Crippen molar-refractivity contribution < 1.29 is 0 Å². The first-order valence-corrected chi connectivity index (χ1v) is 36.8. The van der Waals surface area contributed by atoms with Gasteiger partial charge in [0.25, 0.3) is 0 Å². The van der Waals surface area contributed by atoms with Crippen LogP contribution in [0.25, 0.3) is 198 Å². The van der Waals surface area contributed by atoms with Crippen molar-refractivity contribution in [2.24, 2.45) is 0 Å². The highest BCUT2D eigenvalue weighted by atomic mass is 14.7. The lowest BCUT2D eigenvalue weighted by molar-refractivity contribution is 0.661. The molecule has 4 heteroatoms. The van der Waals surface area contributed by atoms with E-state index >= 15 is 0 Å². The summed E-state index contributed by atoms with van der Waals surface area (Å²) in [5, 5.41) is 19.9. The summed E-state index contributed by atoms with van der Waals surface area (Å²) < 4.78 is 0. The number of nitrogens with zero attached hydrogens (tertiary/aromatic N) is 4. The fourth-order valence-electron chi connectivity index (χ4n) is 18.2. The van der Waals surface area contributed by atoms with E-state index in [2.05, 4.69) is 343 Å². The van der Waals surface area contributed by atoms with Crippen molar-refractivity contribution in [1.82, 2.24) is 19.9 Å². The second kappa shape index (κ2) is 23.6. The zero-order chi connectivity index (χ0) is 70.5. The van der Waals surface area contributed by atoms with E-state index in [-0.39, 0.29) is 10.8 Å². The SMILES string of the molecule is CC1(C)c2ccccc2-c2nc3ccccc3c(-c3ccc(-c4ccc5c6ccc(-c7cccc8cccnc78)cc6c6ccccc6c5c4)cc3)c21.CC1(C)c2ccccc2-c2nc3ccccc3c(-c3ccc(-c4ccc5c6ccc(-c7cnc8ccccc8c7)cc6c6ccccc6c5c4)cc3)c21. The standard InChI is InChI=1S/2C51H34N2/c1-51(2)45-16-8-6-14-41(45)50-49(51)48(42-15-7-10-18-47(42)53-50)32-21-19-31(20-22-32)33-23-25-39-40-26-24-34(36-27-35-11-3-9-17-46(35)52-30-36)29-44(40)38-13-5-4-12-37(38)43(39)28-33;1-51(2)45-18-7-5-15-41(45)50-48(51)47(42-16-6-8-19-46(42)53-50)32-22-20-31(21-23-32)34-24-26-39-40-27-25-35(36-17-9-11-33-12-10-28-52-49(33)36)30-44(40)38-14-4-3-13-37(38)43(39)29-34/h2*3-30H,1-2H3. The topological polar surface area (TPSA) is 51.6 Å². The average molecular weight is 1350 g/mol. The maximum Gasteiger partial charge on any atom is 0.0780 e. The number of pyridine rings is 4. The van der Waals surface area contributed by atoms with Gasteiger partial charge in [0.15, 0.2) is 0 Å². The molecule has 0 bridgehead atoms. The van der Waals surface area contributed by atoms with Crippen LogP contribution in [0.4, 0.5) is 0 Å². The molecule has 0 fully saturated rings. The molecule has 22 rings (SSSR count). The summed E-state index contributed by atoms with van der Waals surface area (Å²) in [7, 11) is 0. The lowest BCUT2D eigenvalue weighted by Crippen LogP contribution is -2.16. The summed E-state index contributed by atoms with van der Waals surface area (Å²) >= 11 is 0. The third kappa shape index (κ3) is 9.47. The molecule has 20 aromatic rings. The molecule has 0 N–H and O–H groups in total. The molecule has 106 heavy (non-hydrogen) atoms. The zero-order valence-corrected chi connectivity index (χ0v) is 59.1. The first-order chi connectivity index (χ1) is 52.1. The summed E-state index contributed by atoms with van der Waals surface area (Å²) in [6, 6.07) is 120. The van der Waals surface area contributed by atoms with Crippen molar-refractivity contribution in [1.29, 1.82) is 0 Å². The van der Waals surface area contributed by atoms with E-state index in [1.807, 2.05) is 24.5 Å². The van der Waals surface area contributed by atoms with Crippen LogP contribution in [0, 0.1) is 0 Å². The molecule has 0 radical (unpaired) electrons. The molecular formula is C102H68N4. The summed E-state index contributed by atoms with van der Waals surface area (Å²) in [6.45, 7) is 9.38. The van der Waals surface area contributed by atoms with Gasteiger partial charge in [0, 0.05) is 67.0 Å². The van der Waals surface area contributed by atoms with Crippen LogP contribution in [-0.4, -0.2) is 19.9 Å². The Bertz CT molecular complexity index is 7070. The van der Waals surface area contributed by atoms with Crippen LogP contribution in [-0.2, 0) is 10.8 Å². The maximum absolute atomic E-state index is 5.25. The minimum atomic E-state index is -0.161. The van der Waals surface area contributed by atoms with Gasteiger partial charge in [-0.15, -0.1) is 0 Å². The van der Waals surface area contributed by atoms with E-state index in [0.29, 0.717) is 0 Å². The van der Waals surface area contributed by atoms with E-state index in [4.69, 9.17) is 19.9 Å². The summed E-state index contributed by atoms with van der Waals surface area (Å²) in [6.07, 6.45) is 3.88. The van der Waals surface area contributed by atoms with Crippen LogP contribution in [0.5, 0.6) is 0 Å². The molecule has 0 unspecified atom stereocenters. The van der Waals surface area contributed by atoms with Gasteiger partial charge in [0.1, 0.15) is 0 Å². The van der Waals surface area contributed by atoms with Gasteiger partial charge < -0.3 is 0 Å². The molecule has 2 aliphatic carbocycles. The summed E-state index contributed by atoms with van der Waals surface area (Å²) in [5.41, 5.74) is 28.3. The third-order valence-electron chi connectivity index (χ3n) is 23.3. The Balaban J connectivity index is 0.000000136. The van der Waals surface area contributed by atoms with Crippen molar-refractivity contribution in [3.63, 3.8) is 0 Å². The molecule has 4 heterocycles. The van der Waals surface area contributed by atoms with E-state index < -0.39 is 0 Å². The Morgan fingerprint density at radius 2 is 0.575 bits per heavy atom. The van der Waals surface area contributed by atoms with E-state index in [1.165, 1.54) is 164 Å². The number of aromatic nitrogens is 4. The Labute approximate surface area is 614 Å². The van der Waals surface area contributed by atoms with Crippen molar-refractivity contribution in [2.75, 3.05) is 0 Å². The highest BCUT2D eigenvalue weighted by Crippen LogP contribution is 2.56. The van der Waals surface area contributed by atoms with Crippen molar-refractivity contribution in [2.45, 2.75) is 38.5 Å². The first kappa shape index (κ1) is 61.4. The lowest BCUT2D eigenvalue weighted by Gasteiger charge is -2.25. The molecular weight excluding hydrogens is 1280 g/mol. The second-order valence-electron chi connectivity index (χ2n) is 29.9. The summed E-state index contributed by atoms with van der Waals surface area (Å²) in [4.78, 5) is 20.0. The first-order valence-electron chi connectivity index (χ1n) is 36.8. The number of rotatable bonds is 6. The van der Waals surface area contributed by atoms with Crippen molar-refractivity contribution >= 4 is 108 Å². The van der Waals surface area contributed by atoms with Gasteiger partial charge in [-0.2, -0.15) is 0 Å². The van der Waals surface area contributed by atoms with Crippen LogP contribution in [0.2, 0.25) is 0 Å². The Morgan fingerprint density at radius 3 is 1.07 bits per heavy atom. The molecule has 0 aliphatic heterocycles. The Kier molecular flexibility index (Phi) is 13.7. The molecule has 0 amide bonds. The molecule has 16 aromatic carbocycles. The van der Waals surface area contributed by atoms with Crippen LogP contribution in [0.1, 0.15) is 49.9 Å². The summed E-state index contributed by atoms with van der Waals surface area (Å²) in [5.74, 6) is 0. The minimum Gasteiger partial charge on any atom is -0.256 e.